The van der Waals surface area contributed by atoms with Gasteiger partial charge in [0.1, 0.15) is 6.61 Å². The molecule has 3 rings (SSSR count). The van der Waals surface area contributed by atoms with Crippen LogP contribution in [0.2, 0.25) is 0 Å². The first-order chi connectivity index (χ1) is 9.24. The maximum absolute atomic E-state index is 7.42. The van der Waals surface area contributed by atoms with Gasteiger partial charge in [-0.15, -0.1) is 0 Å². The zero-order valence-electron chi connectivity index (χ0n) is 10.7. The normalized spacial score (nSPS) is 23.2. The standard InChI is InChI=1S/C13H18N4O2/c14-13(15)17-7-5-16(6-8-17)12-9-18-10-3-1-2-4-11(10)19-12/h1-4,12H,5-9H2,(H3,14,15). The summed E-state index contributed by atoms with van der Waals surface area (Å²) in [5, 5.41) is 7.42. The molecule has 0 radical (unpaired) electrons. The summed E-state index contributed by atoms with van der Waals surface area (Å²) >= 11 is 0. The fourth-order valence-corrected chi connectivity index (χ4v) is 2.44. The van der Waals surface area contributed by atoms with E-state index in [1.54, 1.807) is 0 Å². The maximum atomic E-state index is 7.42. The van der Waals surface area contributed by atoms with Crippen LogP contribution in [0, 0.1) is 5.41 Å². The lowest BCUT2D eigenvalue weighted by molar-refractivity contribution is -0.0427. The fraction of sp³-hybridized carbons (Fsp3) is 0.462. The molecule has 1 atom stereocenters. The average molecular weight is 262 g/mol. The van der Waals surface area contributed by atoms with E-state index in [-0.39, 0.29) is 12.2 Å². The molecule has 2 heterocycles. The second kappa shape index (κ2) is 4.97. The summed E-state index contributed by atoms with van der Waals surface area (Å²) in [5.74, 6) is 1.75. The summed E-state index contributed by atoms with van der Waals surface area (Å²) in [7, 11) is 0. The minimum Gasteiger partial charge on any atom is -0.484 e. The molecule has 0 saturated carbocycles. The van der Waals surface area contributed by atoms with Crippen molar-refractivity contribution in [2.75, 3.05) is 32.8 Å². The Bertz CT molecular complexity index is 471. The molecule has 19 heavy (non-hydrogen) atoms. The van der Waals surface area contributed by atoms with Crippen molar-refractivity contribution in [1.82, 2.24) is 9.80 Å². The molecule has 2 aliphatic heterocycles. The first kappa shape index (κ1) is 12.1. The van der Waals surface area contributed by atoms with Gasteiger partial charge < -0.3 is 20.1 Å². The van der Waals surface area contributed by atoms with Gasteiger partial charge in [0.25, 0.3) is 0 Å². The molecule has 1 aromatic carbocycles. The summed E-state index contributed by atoms with van der Waals surface area (Å²) < 4.78 is 11.7. The number of hydrogen-bond donors (Lipinski definition) is 2. The predicted octanol–water partition coefficient (Wildman–Crippen LogP) is 0.295. The first-order valence-corrected chi connectivity index (χ1v) is 6.45. The van der Waals surface area contributed by atoms with E-state index in [0.717, 1.165) is 37.7 Å². The largest absolute Gasteiger partial charge is 0.484 e. The number of rotatable bonds is 1. The smallest absolute Gasteiger partial charge is 0.188 e. The fourth-order valence-electron chi connectivity index (χ4n) is 2.44. The Morgan fingerprint density at radius 3 is 2.53 bits per heavy atom. The minimum absolute atomic E-state index is 0.0518. The molecule has 1 aromatic rings. The summed E-state index contributed by atoms with van der Waals surface area (Å²) in [6.45, 7) is 3.72. The number of nitrogens with zero attached hydrogens (tertiary/aromatic N) is 2. The van der Waals surface area contributed by atoms with Gasteiger partial charge >= 0.3 is 0 Å². The number of piperazine rings is 1. The van der Waals surface area contributed by atoms with Gasteiger partial charge in [0.05, 0.1) is 0 Å². The van der Waals surface area contributed by atoms with E-state index < -0.39 is 0 Å². The zero-order chi connectivity index (χ0) is 13.2. The molecule has 0 aliphatic carbocycles. The predicted molar refractivity (Wildman–Crippen MR) is 71.4 cm³/mol. The van der Waals surface area contributed by atoms with E-state index in [1.807, 2.05) is 29.2 Å². The lowest BCUT2D eigenvalue weighted by Crippen LogP contribution is -2.56. The van der Waals surface area contributed by atoms with Gasteiger partial charge in [-0.2, -0.15) is 0 Å². The average Bonchev–Trinajstić information content (AvgIpc) is 2.47. The highest BCUT2D eigenvalue weighted by Crippen LogP contribution is 2.31. The molecule has 1 fully saturated rings. The van der Waals surface area contributed by atoms with Crippen molar-refractivity contribution < 1.29 is 9.47 Å². The molecule has 1 saturated heterocycles. The van der Waals surface area contributed by atoms with E-state index >= 15 is 0 Å². The van der Waals surface area contributed by atoms with E-state index in [1.165, 1.54) is 0 Å². The molecular weight excluding hydrogens is 244 g/mol. The molecule has 6 nitrogen and oxygen atoms in total. The van der Waals surface area contributed by atoms with E-state index in [4.69, 9.17) is 20.6 Å². The number of hydrogen-bond acceptors (Lipinski definition) is 4. The van der Waals surface area contributed by atoms with Gasteiger partial charge in [-0.25, -0.2) is 0 Å². The van der Waals surface area contributed by atoms with E-state index in [9.17, 15) is 0 Å². The van der Waals surface area contributed by atoms with Gasteiger partial charge in [-0.1, -0.05) is 12.1 Å². The quantitative estimate of drug-likeness (QED) is 0.562. The number of guanidine groups is 1. The molecule has 0 amide bonds. The Hall–Kier alpha value is -1.95. The second-order valence-corrected chi connectivity index (χ2v) is 4.74. The molecule has 3 N–H and O–H groups in total. The Labute approximate surface area is 112 Å². The number of benzene rings is 1. The topological polar surface area (TPSA) is 74.8 Å². The van der Waals surface area contributed by atoms with E-state index in [2.05, 4.69) is 4.90 Å². The molecule has 0 spiro atoms. The van der Waals surface area contributed by atoms with Gasteiger partial charge in [0, 0.05) is 26.2 Å². The number of nitrogens with one attached hydrogen (secondary N) is 1. The van der Waals surface area contributed by atoms with Crippen molar-refractivity contribution in [3.8, 4) is 11.5 Å². The van der Waals surface area contributed by atoms with Crippen LogP contribution in [-0.4, -0.2) is 54.8 Å². The van der Waals surface area contributed by atoms with Crippen LogP contribution in [0.15, 0.2) is 24.3 Å². The van der Waals surface area contributed by atoms with Crippen LogP contribution in [0.5, 0.6) is 11.5 Å². The Morgan fingerprint density at radius 1 is 1.16 bits per heavy atom. The van der Waals surface area contributed by atoms with Gasteiger partial charge in [0.15, 0.2) is 23.7 Å². The maximum Gasteiger partial charge on any atom is 0.188 e. The Morgan fingerprint density at radius 2 is 1.84 bits per heavy atom. The first-order valence-electron chi connectivity index (χ1n) is 6.45. The van der Waals surface area contributed by atoms with Crippen molar-refractivity contribution in [2.24, 2.45) is 5.73 Å². The van der Waals surface area contributed by atoms with Crippen molar-refractivity contribution >= 4 is 5.96 Å². The number of ether oxygens (including phenoxy) is 2. The molecule has 0 aromatic heterocycles. The van der Waals surface area contributed by atoms with Crippen molar-refractivity contribution in [3.63, 3.8) is 0 Å². The highest BCUT2D eigenvalue weighted by atomic mass is 16.6. The van der Waals surface area contributed by atoms with Crippen LogP contribution in [0.4, 0.5) is 0 Å². The lowest BCUT2D eigenvalue weighted by atomic mass is 10.2. The third-order valence-corrected chi connectivity index (χ3v) is 3.56. The summed E-state index contributed by atoms with van der Waals surface area (Å²) in [5.41, 5.74) is 5.49. The molecule has 0 bridgehead atoms. The minimum atomic E-state index is -0.0518. The van der Waals surface area contributed by atoms with Crippen molar-refractivity contribution in [1.29, 1.82) is 5.41 Å². The van der Waals surface area contributed by atoms with Crippen LogP contribution in [0.1, 0.15) is 0 Å². The third kappa shape index (κ3) is 2.44. The van der Waals surface area contributed by atoms with Gasteiger partial charge in [-0.05, 0) is 12.1 Å². The van der Waals surface area contributed by atoms with Gasteiger partial charge in [-0.3, -0.25) is 10.3 Å². The Balaban J connectivity index is 1.62. The molecule has 102 valence electrons. The van der Waals surface area contributed by atoms with Crippen LogP contribution in [-0.2, 0) is 0 Å². The molecular formula is C13H18N4O2. The Kier molecular flexibility index (Phi) is 3.16. The number of para-hydroxylation sites is 2. The third-order valence-electron chi connectivity index (χ3n) is 3.56. The summed E-state index contributed by atoms with van der Waals surface area (Å²) in [6.07, 6.45) is -0.0518. The van der Waals surface area contributed by atoms with Crippen molar-refractivity contribution in [2.45, 2.75) is 6.23 Å². The zero-order valence-corrected chi connectivity index (χ0v) is 10.7. The molecule has 6 heteroatoms. The van der Waals surface area contributed by atoms with Crippen LogP contribution < -0.4 is 15.2 Å². The van der Waals surface area contributed by atoms with Crippen LogP contribution >= 0.6 is 0 Å². The van der Waals surface area contributed by atoms with Crippen LogP contribution in [0.25, 0.3) is 0 Å². The summed E-state index contributed by atoms with van der Waals surface area (Å²) in [6, 6.07) is 7.72. The number of fused-ring (bicyclic) bond motifs is 1. The van der Waals surface area contributed by atoms with Gasteiger partial charge in [0.2, 0.25) is 0 Å². The second-order valence-electron chi connectivity index (χ2n) is 4.74. The van der Waals surface area contributed by atoms with Crippen LogP contribution in [0.3, 0.4) is 0 Å². The number of nitrogens with two attached hydrogens (primary N) is 1. The van der Waals surface area contributed by atoms with E-state index in [0.29, 0.717) is 6.61 Å². The monoisotopic (exact) mass is 262 g/mol. The summed E-state index contributed by atoms with van der Waals surface area (Å²) in [4.78, 5) is 4.10. The molecule has 2 aliphatic rings. The highest BCUT2D eigenvalue weighted by Gasteiger charge is 2.29. The SMILES string of the molecule is N=C(N)N1CCN(C2COc3ccccc3O2)CC1. The van der Waals surface area contributed by atoms with Crippen molar-refractivity contribution in [3.05, 3.63) is 24.3 Å². The lowest BCUT2D eigenvalue weighted by Gasteiger charge is -2.40. The highest BCUT2D eigenvalue weighted by molar-refractivity contribution is 5.74. The molecule has 1 unspecified atom stereocenters.